The van der Waals surface area contributed by atoms with E-state index in [1.807, 2.05) is 41.9 Å². The number of allylic oxidation sites excluding steroid dienone is 1. The highest BCUT2D eigenvalue weighted by Crippen LogP contribution is 2.31. The largest absolute Gasteiger partial charge is 0.400 e. The molecule has 0 amide bonds. The van der Waals surface area contributed by atoms with Gasteiger partial charge in [0.05, 0.1) is 17.4 Å². The van der Waals surface area contributed by atoms with Crippen molar-refractivity contribution in [3.63, 3.8) is 0 Å². The lowest BCUT2D eigenvalue weighted by molar-refractivity contribution is 0.644. The molecular formula is C18H19N7OS. The standard InChI is InChI=1S/C18H19N7OS/c1-24-15-13(16-17(24)23-14(27-16)7-12(19)8-21-20)9-22-25(18(15)26)10-11-5-3-2-4-6-11/h2-6,8-9,21H,7,10,19-20H2,1H3/b12-8-. The highest BCUT2D eigenvalue weighted by Gasteiger charge is 2.18. The number of nitrogens with two attached hydrogens (primary N) is 2. The molecule has 4 aromatic rings. The van der Waals surface area contributed by atoms with Gasteiger partial charge in [0.15, 0.2) is 5.65 Å². The van der Waals surface area contributed by atoms with E-state index in [2.05, 4.69) is 15.5 Å². The van der Waals surface area contributed by atoms with Gasteiger partial charge in [0.2, 0.25) is 0 Å². The Morgan fingerprint density at radius 2 is 2.11 bits per heavy atom. The molecule has 138 valence electrons. The molecule has 4 rings (SSSR count). The summed E-state index contributed by atoms with van der Waals surface area (Å²) in [6, 6.07) is 9.79. The molecule has 3 heterocycles. The summed E-state index contributed by atoms with van der Waals surface area (Å²) in [7, 11) is 1.85. The van der Waals surface area contributed by atoms with Gasteiger partial charge in [-0.1, -0.05) is 30.3 Å². The Labute approximate surface area is 158 Å². The lowest BCUT2D eigenvalue weighted by Crippen LogP contribution is -2.24. The van der Waals surface area contributed by atoms with Crippen LogP contribution in [0.1, 0.15) is 10.6 Å². The molecule has 0 radical (unpaired) electrons. The third kappa shape index (κ3) is 3.07. The lowest BCUT2D eigenvalue weighted by Gasteiger charge is -2.05. The molecule has 0 saturated carbocycles. The summed E-state index contributed by atoms with van der Waals surface area (Å²) >= 11 is 1.51. The van der Waals surface area contributed by atoms with E-state index in [-0.39, 0.29) is 5.56 Å². The molecule has 0 aliphatic carbocycles. The van der Waals surface area contributed by atoms with Gasteiger partial charge in [0.1, 0.15) is 10.5 Å². The van der Waals surface area contributed by atoms with Crippen LogP contribution in [0, 0.1) is 0 Å². The number of hydrogen-bond acceptors (Lipinski definition) is 7. The summed E-state index contributed by atoms with van der Waals surface area (Å²) in [6.07, 6.45) is 3.77. The van der Waals surface area contributed by atoms with Gasteiger partial charge in [-0.05, 0) is 5.56 Å². The van der Waals surface area contributed by atoms with E-state index in [4.69, 9.17) is 11.6 Å². The maximum absolute atomic E-state index is 13.0. The molecular weight excluding hydrogens is 362 g/mol. The van der Waals surface area contributed by atoms with Crippen LogP contribution in [-0.4, -0.2) is 19.3 Å². The van der Waals surface area contributed by atoms with Crippen LogP contribution in [0.5, 0.6) is 0 Å². The number of hydrogen-bond donors (Lipinski definition) is 3. The Hall–Kier alpha value is -3.17. The van der Waals surface area contributed by atoms with Crippen LogP contribution >= 0.6 is 11.3 Å². The van der Waals surface area contributed by atoms with Crippen molar-refractivity contribution in [1.29, 1.82) is 0 Å². The van der Waals surface area contributed by atoms with Gasteiger partial charge < -0.3 is 15.7 Å². The summed E-state index contributed by atoms with van der Waals surface area (Å²) in [5, 5.41) is 6.04. The molecule has 0 bridgehead atoms. The first-order chi connectivity index (χ1) is 13.1. The second-order valence-corrected chi connectivity index (χ2v) is 7.32. The highest BCUT2D eigenvalue weighted by atomic mass is 32.1. The maximum Gasteiger partial charge on any atom is 0.291 e. The van der Waals surface area contributed by atoms with Gasteiger partial charge in [-0.25, -0.2) is 9.67 Å². The summed E-state index contributed by atoms with van der Waals surface area (Å²) in [5.74, 6) is 5.25. The molecule has 0 unspecified atom stereocenters. The summed E-state index contributed by atoms with van der Waals surface area (Å²) in [4.78, 5) is 17.6. The highest BCUT2D eigenvalue weighted by molar-refractivity contribution is 7.19. The number of fused-ring (bicyclic) bond motifs is 3. The van der Waals surface area contributed by atoms with Gasteiger partial charge in [-0.3, -0.25) is 10.6 Å². The zero-order valence-electron chi connectivity index (χ0n) is 14.7. The zero-order chi connectivity index (χ0) is 19.0. The second kappa shape index (κ2) is 6.86. The molecule has 27 heavy (non-hydrogen) atoms. The van der Waals surface area contributed by atoms with Gasteiger partial charge in [-0.2, -0.15) is 5.10 Å². The van der Waals surface area contributed by atoms with E-state index >= 15 is 0 Å². The molecule has 0 spiro atoms. The first kappa shape index (κ1) is 17.3. The zero-order valence-corrected chi connectivity index (χ0v) is 15.5. The number of aromatic nitrogens is 4. The van der Waals surface area contributed by atoms with Gasteiger partial charge >= 0.3 is 0 Å². The van der Waals surface area contributed by atoms with Crippen molar-refractivity contribution in [2.24, 2.45) is 18.6 Å². The van der Waals surface area contributed by atoms with E-state index < -0.39 is 0 Å². The number of nitrogens with one attached hydrogen (secondary N) is 1. The second-order valence-electron chi connectivity index (χ2n) is 6.24. The van der Waals surface area contributed by atoms with Crippen molar-refractivity contribution in [3.05, 3.63) is 69.4 Å². The lowest BCUT2D eigenvalue weighted by atomic mass is 10.2. The minimum Gasteiger partial charge on any atom is -0.400 e. The number of thiazole rings is 1. The Balaban J connectivity index is 1.78. The first-order valence-electron chi connectivity index (χ1n) is 8.37. The minimum atomic E-state index is -0.127. The fraction of sp³-hybridized carbons (Fsp3) is 0.167. The molecule has 5 N–H and O–H groups in total. The molecule has 3 aromatic heterocycles. The molecule has 0 fully saturated rings. The number of rotatable bonds is 5. The van der Waals surface area contributed by atoms with Crippen molar-refractivity contribution in [2.45, 2.75) is 13.0 Å². The molecule has 0 saturated heterocycles. The Kier molecular flexibility index (Phi) is 4.38. The van der Waals surface area contributed by atoms with Crippen LogP contribution in [0.15, 0.2) is 53.2 Å². The molecule has 0 atom stereocenters. The third-order valence-electron chi connectivity index (χ3n) is 4.37. The van der Waals surface area contributed by atoms with Crippen LogP contribution in [0.4, 0.5) is 0 Å². The Morgan fingerprint density at radius 1 is 1.33 bits per heavy atom. The van der Waals surface area contributed by atoms with Crippen LogP contribution in [0.3, 0.4) is 0 Å². The minimum absolute atomic E-state index is 0.127. The molecule has 9 heteroatoms. The Morgan fingerprint density at radius 3 is 2.85 bits per heavy atom. The van der Waals surface area contributed by atoms with Gasteiger partial charge in [-0.15, -0.1) is 11.3 Å². The number of aryl methyl sites for hydroxylation is 1. The van der Waals surface area contributed by atoms with E-state index in [0.29, 0.717) is 24.2 Å². The number of nitrogens with zero attached hydrogens (tertiary/aromatic N) is 4. The summed E-state index contributed by atoms with van der Waals surface area (Å²) in [6.45, 7) is 0.431. The average molecular weight is 381 g/mol. The van der Waals surface area contributed by atoms with E-state index in [0.717, 1.165) is 26.3 Å². The van der Waals surface area contributed by atoms with Crippen LogP contribution < -0.4 is 22.6 Å². The SMILES string of the molecule is Cn1c2nc(C/C(N)=C/NN)sc2c2cnn(Cc3ccccc3)c(=O)c21. The normalized spacial score (nSPS) is 12.1. The monoisotopic (exact) mass is 381 g/mol. The third-order valence-corrected chi connectivity index (χ3v) is 5.45. The van der Waals surface area contributed by atoms with E-state index in [9.17, 15) is 4.79 Å². The van der Waals surface area contributed by atoms with Crippen LogP contribution in [0.25, 0.3) is 21.3 Å². The topological polar surface area (TPSA) is 117 Å². The average Bonchev–Trinajstić information content (AvgIpc) is 3.17. The van der Waals surface area contributed by atoms with Crippen LogP contribution in [-0.2, 0) is 20.0 Å². The van der Waals surface area contributed by atoms with Crippen molar-refractivity contribution in [2.75, 3.05) is 0 Å². The van der Waals surface area contributed by atoms with E-state index in [1.54, 1.807) is 6.20 Å². The fourth-order valence-corrected chi connectivity index (χ4v) is 4.25. The first-order valence-corrected chi connectivity index (χ1v) is 9.18. The predicted octanol–water partition coefficient (Wildman–Crippen LogP) is 1.20. The quantitative estimate of drug-likeness (QED) is 0.353. The van der Waals surface area contributed by atoms with Crippen molar-refractivity contribution < 1.29 is 0 Å². The smallest absolute Gasteiger partial charge is 0.291 e. The van der Waals surface area contributed by atoms with Crippen molar-refractivity contribution in [3.8, 4) is 0 Å². The molecule has 1 aromatic carbocycles. The van der Waals surface area contributed by atoms with Crippen molar-refractivity contribution in [1.82, 2.24) is 24.8 Å². The summed E-state index contributed by atoms with van der Waals surface area (Å²) < 4.78 is 4.25. The fourth-order valence-electron chi connectivity index (χ4n) is 3.11. The van der Waals surface area contributed by atoms with Crippen LogP contribution in [0.2, 0.25) is 0 Å². The predicted molar refractivity (Wildman–Crippen MR) is 107 cm³/mol. The number of benzene rings is 1. The molecule has 0 aliphatic rings. The molecule has 0 aliphatic heterocycles. The van der Waals surface area contributed by atoms with Crippen molar-refractivity contribution >= 4 is 32.6 Å². The Bertz CT molecular complexity index is 1200. The summed E-state index contributed by atoms with van der Waals surface area (Å²) in [5.41, 5.74) is 11.2. The molecule has 8 nitrogen and oxygen atoms in total. The number of hydrazine groups is 1. The van der Waals surface area contributed by atoms with E-state index in [1.165, 1.54) is 22.2 Å². The maximum atomic E-state index is 13.0. The van der Waals surface area contributed by atoms with Gasteiger partial charge in [0.25, 0.3) is 5.56 Å². The van der Waals surface area contributed by atoms with Gasteiger partial charge in [0, 0.05) is 30.8 Å².